The first kappa shape index (κ1) is 40.2. The molecule has 8 rings (SSSR count). The normalized spacial score (nSPS) is 19.8. The summed E-state index contributed by atoms with van der Waals surface area (Å²) in [5.41, 5.74) is 3.79. The van der Waals surface area contributed by atoms with Gasteiger partial charge in [0.2, 0.25) is 11.8 Å². The number of imidazole rings is 2. The van der Waals surface area contributed by atoms with Crippen molar-refractivity contribution in [2.24, 2.45) is 5.92 Å². The van der Waals surface area contributed by atoms with Crippen LogP contribution in [0.1, 0.15) is 57.3 Å². The van der Waals surface area contributed by atoms with Crippen LogP contribution in [-0.2, 0) is 19.1 Å². The third-order valence-corrected chi connectivity index (χ3v) is 11.1. The lowest BCUT2D eigenvalue weighted by Crippen LogP contribution is -2.51. The fourth-order valence-electron chi connectivity index (χ4n) is 8.13. The first-order valence-corrected chi connectivity index (χ1v) is 19.1. The van der Waals surface area contributed by atoms with Crippen LogP contribution in [0.4, 0.5) is 27.2 Å². The number of alkyl carbamates (subject to hydrolysis) is 2. The predicted molar refractivity (Wildman–Crippen MR) is 206 cm³/mol. The van der Waals surface area contributed by atoms with Gasteiger partial charge >= 0.3 is 12.2 Å². The van der Waals surface area contributed by atoms with Crippen molar-refractivity contribution in [3.8, 4) is 39.7 Å². The monoisotopic (exact) mass is 835 g/mol. The standard InChI is InChI=1S/C40H41F4N9O7/c1-19(2)31(50-38(57)59-5)36(55)53-18-40(43,44)14-28(53)34-46-16-25(49-34)22-7-9-29-32-23(22)10-11-51(32)26-8-6-21(12-30(26)60-29)24-15-45-33(48-24)27-13-39(41,42)17-52(27)35(54)20(3)47-37(56)58-4/h6-12,15-16,19-20,27-28,31H,13-14,17-18H2,1-5H3,(H,45,48)(H,46,49)(H,47,56)(H,50,57)/t20-,27-,28-,31-/m0/s1. The number of likely N-dealkylation sites (tertiary alicyclic amines) is 2. The van der Waals surface area contributed by atoms with Crippen LogP contribution >= 0.6 is 0 Å². The molecule has 316 valence electrons. The van der Waals surface area contributed by atoms with E-state index in [1.807, 2.05) is 35.0 Å². The van der Waals surface area contributed by atoms with Crippen molar-refractivity contribution in [3.63, 3.8) is 0 Å². The lowest BCUT2D eigenvalue weighted by Gasteiger charge is -2.29. The highest BCUT2D eigenvalue weighted by Crippen LogP contribution is 2.47. The van der Waals surface area contributed by atoms with E-state index in [1.54, 1.807) is 26.0 Å². The summed E-state index contributed by atoms with van der Waals surface area (Å²) in [5, 5.41) is 5.56. The molecular weight excluding hydrogens is 794 g/mol. The summed E-state index contributed by atoms with van der Waals surface area (Å²) < 4.78 is 76.8. The van der Waals surface area contributed by atoms with Gasteiger partial charge in [0.15, 0.2) is 11.5 Å². The van der Waals surface area contributed by atoms with Crippen LogP contribution in [0.25, 0.3) is 39.1 Å². The van der Waals surface area contributed by atoms with E-state index < -0.39 is 91.9 Å². The molecule has 0 spiro atoms. The van der Waals surface area contributed by atoms with Crippen LogP contribution in [0.15, 0.2) is 55.0 Å². The van der Waals surface area contributed by atoms with E-state index in [4.69, 9.17) is 4.74 Å². The molecule has 4 atom stereocenters. The number of ether oxygens (including phenoxy) is 3. The Balaban J connectivity index is 1.04. The minimum Gasteiger partial charge on any atom is -0.453 e. The van der Waals surface area contributed by atoms with E-state index in [9.17, 15) is 36.7 Å². The lowest BCUT2D eigenvalue weighted by molar-refractivity contribution is -0.137. The molecule has 4 amide bonds. The number of benzene rings is 2. The Morgan fingerprint density at radius 1 is 0.800 bits per heavy atom. The highest BCUT2D eigenvalue weighted by molar-refractivity contribution is 6.00. The number of aromatic amines is 2. The molecule has 4 N–H and O–H groups in total. The smallest absolute Gasteiger partial charge is 0.407 e. The van der Waals surface area contributed by atoms with Gasteiger partial charge in [0, 0.05) is 35.6 Å². The van der Waals surface area contributed by atoms with Crippen LogP contribution in [0.2, 0.25) is 0 Å². The second-order valence-electron chi connectivity index (χ2n) is 15.5. The zero-order valence-electron chi connectivity index (χ0n) is 33.0. The molecule has 0 aliphatic carbocycles. The molecule has 0 radical (unpaired) electrons. The van der Waals surface area contributed by atoms with Crippen LogP contribution in [-0.4, -0.2) is 110 Å². The van der Waals surface area contributed by atoms with Crippen molar-refractivity contribution in [3.05, 3.63) is 66.6 Å². The van der Waals surface area contributed by atoms with Crippen molar-refractivity contribution in [2.75, 3.05) is 27.3 Å². The maximum absolute atomic E-state index is 14.9. The van der Waals surface area contributed by atoms with Gasteiger partial charge in [0.25, 0.3) is 11.8 Å². The van der Waals surface area contributed by atoms with Gasteiger partial charge in [-0.3, -0.25) is 9.59 Å². The molecule has 20 heteroatoms. The predicted octanol–water partition coefficient (Wildman–Crippen LogP) is 6.46. The molecule has 3 aliphatic rings. The number of alkyl halides is 4. The lowest BCUT2D eigenvalue weighted by atomic mass is 10.0. The quantitative estimate of drug-likeness (QED) is 0.119. The van der Waals surface area contributed by atoms with Crippen LogP contribution in [0.3, 0.4) is 0 Å². The van der Waals surface area contributed by atoms with Crippen LogP contribution < -0.4 is 15.4 Å². The van der Waals surface area contributed by atoms with Gasteiger partial charge in [-0.05, 0) is 43.2 Å². The molecule has 3 aromatic heterocycles. The highest BCUT2D eigenvalue weighted by Gasteiger charge is 2.51. The number of rotatable bonds is 9. The molecule has 3 aliphatic heterocycles. The summed E-state index contributed by atoms with van der Waals surface area (Å²) in [5.74, 6) is -6.82. The Morgan fingerprint density at radius 3 is 2.03 bits per heavy atom. The molecule has 0 unspecified atom stereocenters. The third kappa shape index (κ3) is 7.23. The summed E-state index contributed by atoms with van der Waals surface area (Å²) in [6, 6.07) is 6.51. The molecular formula is C40H41F4N9O7. The second-order valence-corrected chi connectivity index (χ2v) is 15.5. The van der Waals surface area contributed by atoms with Gasteiger partial charge in [-0.25, -0.2) is 37.1 Å². The molecule has 0 saturated carbocycles. The molecule has 2 fully saturated rings. The zero-order valence-corrected chi connectivity index (χ0v) is 33.0. The fourth-order valence-corrected chi connectivity index (χ4v) is 8.13. The summed E-state index contributed by atoms with van der Waals surface area (Å²) >= 11 is 0. The third-order valence-electron chi connectivity index (χ3n) is 11.1. The van der Waals surface area contributed by atoms with E-state index in [0.717, 1.165) is 34.9 Å². The molecule has 60 heavy (non-hydrogen) atoms. The van der Waals surface area contributed by atoms with E-state index in [1.165, 1.54) is 19.3 Å². The first-order valence-electron chi connectivity index (χ1n) is 19.1. The number of nitrogens with zero attached hydrogens (tertiary/aromatic N) is 5. The maximum atomic E-state index is 14.9. The molecule has 0 bridgehead atoms. The van der Waals surface area contributed by atoms with Crippen molar-refractivity contribution in [1.29, 1.82) is 0 Å². The zero-order chi connectivity index (χ0) is 42.8. The number of amides is 4. The molecule has 16 nitrogen and oxygen atoms in total. The number of carbonyl (C=O) groups is 4. The summed E-state index contributed by atoms with van der Waals surface area (Å²) in [4.78, 5) is 67.6. The van der Waals surface area contributed by atoms with E-state index in [0.29, 0.717) is 39.7 Å². The van der Waals surface area contributed by atoms with Gasteiger partial charge in [-0.1, -0.05) is 19.9 Å². The van der Waals surface area contributed by atoms with E-state index >= 15 is 0 Å². The SMILES string of the molecule is COC(=O)N[C@@H](C)C(=O)N1CC(F)(F)C[C@H]1c1ncc(-c2ccc3c(c2)Oc2ccc(-c4cnc([C@@H]5CC(F)(F)CN5C(=O)[C@@H](NC(=O)OC)C(C)C)[nH]4)c4ccn-3c24)[nH]1. The number of hydrogen-bond acceptors (Lipinski definition) is 9. The average molecular weight is 836 g/mol. The van der Waals surface area contributed by atoms with Crippen LogP contribution in [0, 0.1) is 5.92 Å². The van der Waals surface area contributed by atoms with Crippen molar-refractivity contribution >= 4 is 34.9 Å². The molecule has 2 saturated heterocycles. The van der Waals surface area contributed by atoms with Gasteiger partial charge in [0.05, 0.1) is 74.4 Å². The van der Waals surface area contributed by atoms with E-state index in [2.05, 4.69) is 40.0 Å². The number of hydrogen-bond donors (Lipinski definition) is 4. The van der Waals surface area contributed by atoms with Crippen molar-refractivity contribution < 1.29 is 51.0 Å². The molecule has 2 aromatic carbocycles. The van der Waals surface area contributed by atoms with Gasteiger partial charge in [-0.2, -0.15) is 0 Å². The van der Waals surface area contributed by atoms with Gasteiger partial charge in [0.1, 0.15) is 23.7 Å². The topological polar surface area (TPSA) is 189 Å². The largest absolute Gasteiger partial charge is 0.453 e. The minimum atomic E-state index is -3.19. The second kappa shape index (κ2) is 14.9. The maximum Gasteiger partial charge on any atom is 0.407 e. The number of H-pyrrole nitrogens is 2. The number of aromatic nitrogens is 5. The Kier molecular flexibility index (Phi) is 9.98. The number of fused-ring (bicyclic) bond motifs is 2. The highest BCUT2D eigenvalue weighted by atomic mass is 19.3. The average Bonchev–Trinajstić information content (AvgIpc) is 4.06. The number of carbonyl (C=O) groups excluding carboxylic acids is 4. The number of halogens is 4. The van der Waals surface area contributed by atoms with Crippen LogP contribution in [0.5, 0.6) is 11.5 Å². The van der Waals surface area contributed by atoms with Crippen molar-refractivity contribution in [1.82, 2.24) is 44.9 Å². The summed E-state index contributed by atoms with van der Waals surface area (Å²) in [7, 11) is 2.28. The fraction of sp³-hybridized carbons (Fsp3) is 0.400. The molecule has 6 heterocycles. The summed E-state index contributed by atoms with van der Waals surface area (Å²) in [6.07, 6.45) is 1.86. The van der Waals surface area contributed by atoms with E-state index in [-0.39, 0.29) is 11.6 Å². The van der Waals surface area contributed by atoms with Gasteiger partial charge in [-0.15, -0.1) is 0 Å². The first-order chi connectivity index (χ1) is 28.5. The van der Waals surface area contributed by atoms with Crippen molar-refractivity contribution in [2.45, 2.75) is 69.6 Å². The number of methoxy groups -OCH3 is 2. The Morgan fingerprint density at radius 2 is 1.40 bits per heavy atom. The Labute approximate surface area is 339 Å². The van der Waals surface area contributed by atoms with Gasteiger partial charge < -0.3 is 49.2 Å². The number of nitrogens with one attached hydrogen (secondary N) is 4. The minimum absolute atomic E-state index is 0.155. The molecule has 5 aromatic rings. The summed E-state index contributed by atoms with van der Waals surface area (Å²) in [6.45, 7) is 3.10. The Bertz CT molecular complexity index is 2520. The Hall–Kier alpha value is -6.60.